The molecule has 2 spiro atoms. The number of ether oxygens (including phenoxy) is 4. The minimum atomic E-state index is -0.854. The lowest BCUT2D eigenvalue weighted by molar-refractivity contribution is -0.144. The molecule has 0 aliphatic carbocycles. The van der Waals surface area contributed by atoms with E-state index in [2.05, 4.69) is 9.97 Å². The number of benzene rings is 2. The second-order valence-electron chi connectivity index (χ2n) is 9.85. The number of para-hydroxylation sites is 2. The molecule has 0 radical (unpaired) electrons. The lowest BCUT2D eigenvalue weighted by atomic mass is 9.83. The molecule has 0 atom stereocenters. The number of aromatic nitrogens is 2. The number of carbonyl (C=O) groups is 1. The molecule has 2 aromatic carbocycles. The Kier molecular flexibility index (Phi) is 6.23. The van der Waals surface area contributed by atoms with Gasteiger partial charge in [0.25, 0.3) is 0 Å². The molecule has 38 heavy (non-hydrogen) atoms. The van der Waals surface area contributed by atoms with Gasteiger partial charge in [-0.2, -0.15) is 0 Å². The van der Waals surface area contributed by atoms with Crippen LogP contribution in [0.5, 0.6) is 11.5 Å². The highest BCUT2D eigenvalue weighted by Gasteiger charge is 2.46. The van der Waals surface area contributed by atoms with E-state index in [1.165, 1.54) is 12.1 Å². The molecule has 2 saturated heterocycles. The van der Waals surface area contributed by atoms with Gasteiger partial charge in [-0.25, -0.2) is 18.7 Å². The number of nitrogen functional groups attached to an aromatic ring is 1. The van der Waals surface area contributed by atoms with Crippen molar-refractivity contribution in [2.75, 3.05) is 32.2 Å². The Labute approximate surface area is 218 Å². The van der Waals surface area contributed by atoms with Gasteiger partial charge in [-0.1, -0.05) is 24.3 Å². The number of halogens is 2. The average molecular weight is 524 g/mol. The summed E-state index contributed by atoms with van der Waals surface area (Å²) in [6.07, 6.45) is 4.16. The first-order valence-corrected chi connectivity index (χ1v) is 12.7. The van der Waals surface area contributed by atoms with Crippen molar-refractivity contribution in [2.24, 2.45) is 0 Å². The van der Waals surface area contributed by atoms with Crippen molar-refractivity contribution in [3.63, 3.8) is 0 Å². The van der Waals surface area contributed by atoms with Gasteiger partial charge in [0.15, 0.2) is 40.1 Å². The van der Waals surface area contributed by atoms with Crippen LogP contribution in [0.4, 0.5) is 14.7 Å². The van der Waals surface area contributed by atoms with E-state index >= 15 is 0 Å². The van der Waals surface area contributed by atoms with Crippen LogP contribution >= 0.6 is 0 Å². The van der Waals surface area contributed by atoms with E-state index in [4.69, 9.17) is 24.7 Å². The van der Waals surface area contributed by atoms with Crippen LogP contribution in [-0.2, 0) is 26.3 Å². The average Bonchev–Trinajstić information content (AvgIpc) is 2.93. The molecule has 1 aromatic heterocycles. The number of anilines is 1. The quantitative estimate of drug-likeness (QED) is 0.469. The Morgan fingerprint density at radius 3 is 2.11 bits per heavy atom. The van der Waals surface area contributed by atoms with Gasteiger partial charge >= 0.3 is 0 Å². The highest BCUT2D eigenvalue weighted by atomic mass is 19.1. The Balaban J connectivity index is 0.000000142. The molecule has 4 aliphatic rings. The van der Waals surface area contributed by atoms with E-state index in [1.54, 1.807) is 24.4 Å². The normalized spacial score (nSPS) is 20.2. The predicted octanol–water partition coefficient (Wildman–Crippen LogP) is 4.14. The lowest BCUT2D eigenvalue weighted by Gasteiger charge is -2.41. The van der Waals surface area contributed by atoms with Crippen molar-refractivity contribution >= 4 is 11.7 Å². The van der Waals surface area contributed by atoms with Gasteiger partial charge < -0.3 is 24.7 Å². The number of nitrogens with two attached hydrogens (primary N) is 1. The summed E-state index contributed by atoms with van der Waals surface area (Å²) < 4.78 is 50.3. The van der Waals surface area contributed by atoms with E-state index in [0.29, 0.717) is 63.2 Å². The van der Waals surface area contributed by atoms with Gasteiger partial charge in [0.05, 0.1) is 32.1 Å². The van der Waals surface area contributed by atoms with Gasteiger partial charge in [-0.3, -0.25) is 4.79 Å². The van der Waals surface area contributed by atoms with Crippen LogP contribution in [0.25, 0.3) is 11.1 Å². The van der Waals surface area contributed by atoms with Crippen molar-refractivity contribution in [1.29, 1.82) is 0 Å². The van der Waals surface area contributed by atoms with Gasteiger partial charge in [-0.15, -0.1) is 0 Å². The van der Waals surface area contributed by atoms with Gasteiger partial charge in [0, 0.05) is 55.0 Å². The smallest absolute Gasteiger partial charge is 0.220 e. The van der Waals surface area contributed by atoms with Crippen molar-refractivity contribution in [2.45, 2.75) is 43.3 Å². The molecule has 7 rings (SSSR count). The summed E-state index contributed by atoms with van der Waals surface area (Å²) >= 11 is 0. The zero-order valence-electron chi connectivity index (χ0n) is 20.7. The number of hydrogen-bond donors (Lipinski definition) is 1. The minimum Gasteiger partial charge on any atom is -0.477 e. The molecule has 5 heterocycles. The highest BCUT2D eigenvalue weighted by Crippen LogP contribution is 2.49. The van der Waals surface area contributed by atoms with Gasteiger partial charge in [0.2, 0.25) is 5.95 Å². The topological polar surface area (TPSA) is 106 Å². The number of carbonyl (C=O) groups excluding carboxylic acids is 1. The van der Waals surface area contributed by atoms with Crippen LogP contribution in [0.2, 0.25) is 0 Å². The maximum atomic E-state index is 14.2. The molecular weight excluding hydrogens is 496 g/mol. The third kappa shape index (κ3) is 4.17. The van der Waals surface area contributed by atoms with Crippen LogP contribution in [0, 0.1) is 11.6 Å². The number of Topliss-reactive ketones (excluding diaryl/α,β-unsaturated/α-hetero) is 1. The van der Waals surface area contributed by atoms with Crippen LogP contribution in [0.3, 0.4) is 0 Å². The van der Waals surface area contributed by atoms with E-state index in [1.807, 2.05) is 6.07 Å². The first-order chi connectivity index (χ1) is 18.4. The first kappa shape index (κ1) is 24.7. The highest BCUT2D eigenvalue weighted by molar-refractivity contribution is 5.91. The van der Waals surface area contributed by atoms with E-state index in [0.717, 1.165) is 11.3 Å². The molecular formula is C28H27F2N3O5. The minimum absolute atomic E-state index is 0.0406. The fourth-order valence-corrected chi connectivity index (χ4v) is 5.52. The molecule has 0 bridgehead atoms. The number of hydrogen-bond acceptors (Lipinski definition) is 8. The van der Waals surface area contributed by atoms with Crippen molar-refractivity contribution in [3.05, 3.63) is 65.5 Å². The maximum absolute atomic E-state index is 14.2. The number of fused-ring (bicyclic) bond motifs is 5. The molecule has 2 fully saturated rings. The Bertz CT molecular complexity index is 1390. The fourth-order valence-electron chi connectivity index (χ4n) is 5.52. The van der Waals surface area contributed by atoms with Gasteiger partial charge in [0.1, 0.15) is 0 Å². The first-order valence-electron chi connectivity index (χ1n) is 12.7. The number of ketones is 1. The molecule has 4 aliphatic heterocycles. The summed E-state index contributed by atoms with van der Waals surface area (Å²) in [6, 6.07) is 9.56. The van der Waals surface area contributed by atoms with E-state index < -0.39 is 11.2 Å². The van der Waals surface area contributed by atoms with Gasteiger partial charge in [-0.05, 0) is 12.1 Å². The van der Waals surface area contributed by atoms with Crippen LogP contribution < -0.4 is 15.2 Å². The summed E-state index contributed by atoms with van der Waals surface area (Å²) in [6.45, 7) is 2.09. The zero-order chi connectivity index (χ0) is 26.3. The van der Waals surface area contributed by atoms with Crippen LogP contribution in [0.1, 0.15) is 36.9 Å². The monoisotopic (exact) mass is 523 g/mol. The second-order valence-corrected chi connectivity index (χ2v) is 9.85. The molecule has 0 unspecified atom stereocenters. The summed E-state index contributed by atoms with van der Waals surface area (Å²) in [5.41, 5.74) is 7.04. The summed E-state index contributed by atoms with van der Waals surface area (Å²) in [5.74, 6) is -0.0158. The van der Waals surface area contributed by atoms with Crippen molar-refractivity contribution in [1.82, 2.24) is 9.97 Å². The molecule has 3 aromatic rings. The Morgan fingerprint density at radius 2 is 1.39 bits per heavy atom. The Morgan fingerprint density at radius 1 is 0.789 bits per heavy atom. The predicted molar refractivity (Wildman–Crippen MR) is 133 cm³/mol. The summed E-state index contributed by atoms with van der Waals surface area (Å²) in [5, 5.41) is 0. The fraction of sp³-hybridized carbons (Fsp3) is 0.393. The molecule has 10 heteroatoms. The SMILES string of the molecule is Nc1ncc2c(n1)C1(CCOCC1)Oc1c(F)cccc1-2.O=C1Cc2cccc(F)c2OC12CCOCC2. The van der Waals surface area contributed by atoms with E-state index in [-0.39, 0.29) is 41.3 Å². The van der Waals surface area contributed by atoms with Crippen molar-refractivity contribution in [3.8, 4) is 22.6 Å². The summed E-state index contributed by atoms with van der Waals surface area (Å²) in [7, 11) is 0. The molecule has 0 saturated carbocycles. The molecule has 0 amide bonds. The van der Waals surface area contributed by atoms with Crippen LogP contribution in [0.15, 0.2) is 42.6 Å². The third-order valence-corrected chi connectivity index (χ3v) is 7.60. The van der Waals surface area contributed by atoms with Crippen LogP contribution in [-0.4, -0.2) is 47.8 Å². The molecule has 198 valence electrons. The maximum Gasteiger partial charge on any atom is 0.220 e. The third-order valence-electron chi connectivity index (χ3n) is 7.60. The second kappa shape index (κ2) is 9.59. The largest absolute Gasteiger partial charge is 0.477 e. The molecule has 8 nitrogen and oxygen atoms in total. The van der Waals surface area contributed by atoms with E-state index in [9.17, 15) is 13.6 Å². The Hall–Kier alpha value is -3.63. The number of nitrogens with zero attached hydrogens (tertiary/aromatic N) is 2. The number of rotatable bonds is 0. The standard InChI is InChI=1S/C15H14FN3O2.C13H13FO3/c16-11-3-1-2-9-10-8-18-14(17)19-13(10)15(21-12(9)11)4-6-20-7-5-15;14-10-3-1-2-9-8-11(15)13(17-12(9)10)4-6-16-7-5-13/h1-3,8H,4-7H2,(H2,17,18,19);1-3H,4-8H2. The zero-order valence-corrected chi connectivity index (χ0v) is 20.7. The molecule has 2 N–H and O–H groups in total. The lowest BCUT2D eigenvalue weighted by Crippen LogP contribution is -2.52. The summed E-state index contributed by atoms with van der Waals surface area (Å²) in [4.78, 5) is 20.6. The van der Waals surface area contributed by atoms with Crippen molar-refractivity contribution < 1.29 is 32.5 Å².